The normalized spacial score (nSPS) is 17.8. The van der Waals surface area contributed by atoms with E-state index in [0.717, 1.165) is 18.4 Å². The summed E-state index contributed by atoms with van der Waals surface area (Å²) in [6.07, 6.45) is 5.25. The minimum atomic E-state index is -0.00896. The molecule has 1 aliphatic carbocycles. The predicted molar refractivity (Wildman–Crippen MR) is 66.9 cm³/mol. The van der Waals surface area contributed by atoms with Gasteiger partial charge < -0.3 is 10.6 Å². The van der Waals surface area contributed by atoms with E-state index >= 15 is 0 Å². The van der Waals surface area contributed by atoms with Crippen LogP contribution in [0.4, 0.5) is 0 Å². The number of nitrogens with two attached hydrogens (primary N) is 1. The predicted octanol–water partition coefficient (Wildman–Crippen LogP) is 2.62. The van der Waals surface area contributed by atoms with Crippen LogP contribution in [0.15, 0.2) is 0 Å². The molecule has 15 heavy (non-hydrogen) atoms. The van der Waals surface area contributed by atoms with Crippen molar-refractivity contribution < 1.29 is 0 Å². The first-order chi connectivity index (χ1) is 6.88. The molecule has 2 N–H and O–H groups in total. The lowest BCUT2D eigenvalue weighted by atomic mass is 10.0. The number of hydrogen-bond donors (Lipinski definition) is 1. The van der Waals surface area contributed by atoms with E-state index in [1.807, 2.05) is 0 Å². The molecule has 0 aromatic heterocycles. The number of nitrogens with zero attached hydrogens (tertiary/aromatic N) is 1. The van der Waals surface area contributed by atoms with E-state index in [4.69, 9.17) is 5.73 Å². The van der Waals surface area contributed by atoms with Gasteiger partial charge >= 0.3 is 0 Å². The standard InChI is InChI=1S/C13H28N2/c1-11(2)7-9-15(12-5-6-12)10-8-13(3,4)14/h11-12H,5-10,14H2,1-4H3. The molecule has 0 amide bonds. The number of rotatable bonds is 7. The van der Waals surface area contributed by atoms with E-state index in [-0.39, 0.29) is 5.54 Å². The summed E-state index contributed by atoms with van der Waals surface area (Å²) >= 11 is 0. The highest BCUT2D eigenvalue weighted by Crippen LogP contribution is 2.28. The molecule has 0 spiro atoms. The first-order valence-electron chi connectivity index (χ1n) is 6.41. The van der Waals surface area contributed by atoms with Crippen LogP contribution in [0.1, 0.15) is 53.4 Å². The van der Waals surface area contributed by atoms with Gasteiger partial charge in [0, 0.05) is 18.1 Å². The van der Waals surface area contributed by atoms with E-state index < -0.39 is 0 Å². The average Bonchev–Trinajstić information content (AvgIpc) is 2.85. The van der Waals surface area contributed by atoms with Crippen LogP contribution in [0.3, 0.4) is 0 Å². The first-order valence-corrected chi connectivity index (χ1v) is 6.41. The van der Waals surface area contributed by atoms with Crippen LogP contribution in [0, 0.1) is 5.92 Å². The molecule has 0 saturated heterocycles. The summed E-state index contributed by atoms with van der Waals surface area (Å²) in [6.45, 7) is 11.3. The molecule has 0 bridgehead atoms. The maximum absolute atomic E-state index is 6.03. The Morgan fingerprint density at radius 3 is 2.27 bits per heavy atom. The third-order valence-corrected chi connectivity index (χ3v) is 3.10. The molecule has 0 aromatic carbocycles. The van der Waals surface area contributed by atoms with Gasteiger partial charge in [-0.2, -0.15) is 0 Å². The molecule has 0 aliphatic heterocycles. The molecule has 0 radical (unpaired) electrons. The quantitative estimate of drug-likeness (QED) is 0.703. The fraction of sp³-hybridized carbons (Fsp3) is 1.00. The van der Waals surface area contributed by atoms with Gasteiger partial charge in [0.1, 0.15) is 0 Å². The first kappa shape index (κ1) is 13.0. The SMILES string of the molecule is CC(C)CCN(CCC(C)(C)N)C1CC1. The van der Waals surface area contributed by atoms with Crippen LogP contribution < -0.4 is 5.73 Å². The van der Waals surface area contributed by atoms with Crippen molar-refractivity contribution in [2.45, 2.75) is 65.0 Å². The van der Waals surface area contributed by atoms with Crippen LogP contribution >= 0.6 is 0 Å². The van der Waals surface area contributed by atoms with Crippen molar-refractivity contribution in [1.29, 1.82) is 0 Å². The van der Waals surface area contributed by atoms with Crippen molar-refractivity contribution >= 4 is 0 Å². The van der Waals surface area contributed by atoms with Crippen molar-refractivity contribution in [3.63, 3.8) is 0 Å². The summed E-state index contributed by atoms with van der Waals surface area (Å²) in [5.41, 5.74) is 6.02. The largest absolute Gasteiger partial charge is 0.326 e. The fourth-order valence-electron chi connectivity index (χ4n) is 1.77. The zero-order chi connectivity index (χ0) is 11.5. The van der Waals surface area contributed by atoms with Gasteiger partial charge in [-0.15, -0.1) is 0 Å². The Balaban J connectivity index is 2.25. The smallest absolute Gasteiger partial charge is 0.0109 e. The molecule has 1 saturated carbocycles. The van der Waals surface area contributed by atoms with Crippen LogP contribution in [-0.2, 0) is 0 Å². The molecule has 1 rings (SSSR count). The zero-order valence-electron chi connectivity index (χ0n) is 10.9. The summed E-state index contributed by atoms with van der Waals surface area (Å²) in [5, 5.41) is 0. The Bertz CT molecular complexity index is 177. The molecule has 1 aliphatic rings. The monoisotopic (exact) mass is 212 g/mol. The van der Waals surface area contributed by atoms with E-state index in [0.29, 0.717) is 0 Å². The Morgan fingerprint density at radius 2 is 1.87 bits per heavy atom. The molecular formula is C13H28N2. The molecular weight excluding hydrogens is 184 g/mol. The summed E-state index contributed by atoms with van der Waals surface area (Å²) < 4.78 is 0. The molecule has 0 atom stereocenters. The molecule has 90 valence electrons. The maximum Gasteiger partial charge on any atom is 0.0109 e. The molecule has 2 nitrogen and oxygen atoms in total. The summed E-state index contributed by atoms with van der Waals surface area (Å²) in [5.74, 6) is 0.817. The van der Waals surface area contributed by atoms with Gasteiger partial charge in [-0.25, -0.2) is 0 Å². The lowest BCUT2D eigenvalue weighted by Crippen LogP contribution is -2.38. The maximum atomic E-state index is 6.03. The fourth-order valence-corrected chi connectivity index (χ4v) is 1.77. The summed E-state index contributed by atoms with van der Waals surface area (Å²) in [4.78, 5) is 2.65. The Hall–Kier alpha value is -0.0800. The van der Waals surface area contributed by atoms with E-state index in [2.05, 4.69) is 32.6 Å². The third-order valence-electron chi connectivity index (χ3n) is 3.10. The van der Waals surface area contributed by atoms with Crippen LogP contribution in [0.25, 0.3) is 0 Å². The summed E-state index contributed by atoms with van der Waals surface area (Å²) in [7, 11) is 0. The molecule has 0 heterocycles. The zero-order valence-corrected chi connectivity index (χ0v) is 10.9. The second kappa shape index (κ2) is 5.31. The van der Waals surface area contributed by atoms with Gasteiger partial charge in [0.05, 0.1) is 0 Å². The third kappa shape index (κ3) is 6.16. The molecule has 0 unspecified atom stereocenters. The highest BCUT2D eigenvalue weighted by molar-refractivity contribution is 4.86. The van der Waals surface area contributed by atoms with Gasteiger partial charge in [-0.3, -0.25) is 0 Å². The van der Waals surface area contributed by atoms with Crippen molar-refractivity contribution in [2.24, 2.45) is 11.7 Å². The Labute approximate surface area is 95.2 Å². The second-order valence-corrected chi connectivity index (χ2v) is 6.19. The second-order valence-electron chi connectivity index (χ2n) is 6.19. The van der Waals surface area contributed by atoms with Crippen molar-refractivity contribution in [1.82, 2.24) is 4.90 Å². The minimum Gasteiger partial charge on any atom is -0.326 e. The van der Waals surface area contributed by atoms with Gasteiger partial charge in [-0.05, 0) is 52.0 Å². The van der Waals surface area contributed by atoms with Crippen LogP contribution in [0.5, 0.6) is 0 Å². The topological polar surface area (TPSA) is 29.3 Å². The molecule has 2 heteroatoms. The lowest BCUT2D eigenvalue weighted by Gasteiger charge is -2.27. The van der Waals surface area contributed by atoms with Crippen LogP contribution in [-0.4, -0.2) is 29.6 Å². The Kier molecular flexibility index (Phi) is 4.60. The molecule has 1 fully saturated rings. The summed E-state index contributed by atoms with van der Waals surface area (Å²) in [6, 6.07) is 0.881. The lowest BCUT2D eigenvalue weighted by molar-refractivity contribution is 0.227. The average molecular weight is 212 g/mol. The van der Waals surface area contributed by atoms with Gasteiger partial charge in [0.25, 0.3) is 0 Å². The van der Waals surface area contributed by atoms with Gasteiger partial charge in [-0.1, -0.05) is 13.8 Å². The number of hydrogen-bond acceptors (Lipinski definition) is 2. The molecule has 0 aromatic rings. The van der Waals surface area contributed by atoms with E-state index in [1.165, 1.54) is 32.4 Å². The van der Waals surface area contributed by atoms with Crippen molar-refractivity contribution in [3.8, 4) is 0 Å². The van der Waals surface area contributed by atoms with Crippen molar-refractivity contribution in [3.05, 3.63) is 0 Å². The van der Waals surface area contributed by atoms with E-state index in [1.54, 1.807) is 0 Å². The van der Waals surface area contributed by atoms with E-state index in [9.17, 15) is 0 Å². The highest BCUT2D eigenvalue weighted by Gasteiger charge is 2.29. The van der Waals surface area contributed by atoms with Gasteiger partial charge in [0.15, 0.2) is 0 Å². The van der Waals surface area contributed by atoms with Gasteiger partial charge in [0.2, 0.25) is 0 Å². The Morgan fingerprint density at radius 1 is 1.27 bits per heavy atom. The van der Waals surface area contributed by atoms with Crippen molar-refractivity contribution in [2.75, 3.05) is 13.1 Å². The minimum absolute atomic E-state index is 0.00896. The highest BCUT2D eigenvalue weighted by atomic mass is 15.2. The van der Waals surface area contributed by atoms with Crippen LogP contribution in [0.2, 0.25) is 0 Å².